The molecule has 70 valence electrons. The molecule has 2 rings (SSSR count). The summed E-state index contributed by atoms with van der Waals surface area (Å²) in [5, 5.41) is 0. The zero-order valence-corrected chi connectivity index (χ0v) is 7.60. The second-order valence-corrected chi connectivity index (χ2v) is 2.86. The van der Waals surface area contributed by atoms with Gasteiger partial charge in [-0.15, -0.1) is 0 Å². The second-order valence-electron chi connectivity index (χ2n) is 2.86. The van der Waals surface area contributed by atoms with E-state index in [0.29, 0.717) is 23.6 Å². The van der Waals surface area contributed by atoms with Gasteiger partial charge < -0.3 is 4.42 Å². The first-order valence-corrected chi connectivity index (χ1v) is 4.14. The van der Waals surface area contributed by atoms with Crippen LogP contribution in [0.2, 0.25) is 0 Å². The van der Waals surface area contributed by atoms with Crippen molar-refractivity contribution in [2.24, 2.45) is 0 Å². The molecule has 0 spiro atoms. The molecule has 0 aliphatic rings. The van der Waals surface area contributed by atoms with Crippen LogP contribution in [0.4, 0.5) is 0 Å². The van der Waals surface area contributed by atoms with Gasteiger partial charge in [-0.1, -0.05) is 0 Å². The Morgan fingerprint density at radius 1 is 1.43 bits per heavy atom. The molecule has 0 N–H and O–H groups in total. The van der Waals surface area contributed by atoms with Gasteiger partial charge in [0.1, 0.15) is 5.69 Å². The van der Waals surface area contributed by atoms with Crippen molar-refractivity contribution in [2.75, 3.05) is 0 Å². The van der Waals surface area contributed by atoms with Crippen molar-refractivity contribution < 1.29 is 9.21 Å². The van der Waals surface area contributed by atoms with Crippen molar-refractivity contribution in [2.45, 2.75) is 6.92 Å². The Hall–Kier alpha value is -1.97. The van der Waals surface area contributed by atoms with Crippen LogP contribution < -0.4 is 0 Å². The van der Waals surface area contributed by atoms with Gasteiger partial charge in [0.15, 0.2) is 17.9 Å². The molecular formula is C10H8N2O2. The van der Waals surface area contributed by atoms with Crippen molar-refractivity contribution in [1.82, 2.24) is 9.97 Å². The van der Waals surface area contributed by atoms with Crippen molar-refractivity contribution in [3.8, 4) is 11.6 Å². The monoisotopic (exact) mass is 188 g/mol. The minimum atomic E-state index is 0.353. The topological polar surface area (TPSA) is 56.0 Å². The first kappa shape index (κ1) is 8.62. The Bertz CT molecular complexity index is 463. The van der Waals surface area contributed by atoms with Crippen LogP contribution >= 0.6 is 0 Å². The fraction of sp³-hybridized carbons (Fsp3) is 0.100. The Kier molecular flexibility index (Phi) is 2.10. The molecule has 14 heavy (non-hydrogen) atoms. The summed E-state index contributed by atoms with van der Waals surface area (Å²) < 4.78 is 5.21. The zero-order chi connectivity index (χ0) is 9.97. The summed E-state index contributed by atoms with van der Waals surface area (Å²) in [5.74, 6) is 1.05. The smallest absolute Gasteiger partial charge is 0.196 e. The molecule has 0 aliphatic heterocycles. The highest BCUT2D eigenvalue weighted by Gasteiger charge is 2.08. The summed E-state index contributed by atoms with van der Waals surface area (Å²) in [6.07, 6.45) is 3.79. The second kappa shape index (κ2) is 3.41. The van der Waals surface area contributed by atoms with Crippen LogP contribution in [0.3, 0.4) is 0 Å². The highest BCUT2D eigenvalue weighted by molar-refractivity contribution is 5.72. The molecule has 2 heterocycles. The van der Waals surface area contributed by atoms with Gasteiger partial charge in [-0.05, 0) is 24.6 Å². The molecule has 0 radical (unpaired) electrons. The molecule has 0 aromatic carbocycles. The molecule has 4 nitrogen and oxygen atoms in total. The molecule has 0 fully saturated rings. The third-order valence-electron chi connectivity index (χ3n) is 1.86. The van der Waals surface area contributed by atoms with Crippen LogP contribution in [0.1, 0.15) is 16.1 Å². The summed E-state index contributed by atoms with van der Waals surface area (Å²) in [6.45, 7) is 1.90. The maximum Gasteiger partial charge on any atom is 0.196 e. The number of rotatable bonds is 2. The maximum atomic E-state index is 10.5. The number of furan rings is 1. The molecule has 0 unspecified atom stereocenters. The molecule has 0 bridgehead atoms. The number of aromatic nitrogens is 2. The van der Waals surface area contributed by atoms with E-state index in [2.05, 4.69) is 9.97 Å². The highest BCUT2D eigenvalue weighted by atomic mass is 16.3. The average Bonchev–Trinajstić information content (AvgIpc) is 2.65. The molecule has 0 amide bonds. The van der Waals surface area contributed by atoms with Crippen molar-refractivity contribution >= 4 is 6.29 Å². The maximum absolute atomic E-state index is 10.5. The largest absolute Gasteiger partial charge is 0.461 e. The van der Waals surface area contributed by atoms with Crippen molar-refractivity contribution in [3.63, 3.8) is 0 Å². The van der Waals surface area contributed by atoms with Gasteiger partial charge in [-0.2, -0.15) is 0 Å². The summed E-state index contributed by atoms with van der Waals surface area (Å²) >= 11 is 0. The summed E-state index contributed by atoms with van der Waals surface area (Å²) in [7, 11) is 0. The lowest BCUT2D eigenvalue weighted by molar-refractivity contribution is 0.111. The Labute approximate surface area is 80.6 Å². The summed E-state index contributed by atoms with van der Waals surface area (Å²) in [4.78, 5) is 18.5. The molecule has 0 aliphatic carbocycles. The van der Waals surface area contributed by atoms with Gasteiger partial charge in [0, 0.05) is 6.20 Å². The molecule has 4 heteroatoms. The Morgan fingerprint density at radius 3 is 2.93 bits per heavy atom. The van der Waals surface area contributed by atoms with E-state index in [4.69, 9.17) is 4.42 Å². The van der Waals surface area contributed by atoms with Gasteiger partial charge in [0.2, 0.25) is 0 Å². The number of carbonyl (C=O) groups excluding carboxylic acids is 1. The fourth-order valence-electron chi connectivity index (χ4n) is 1.15. The van der Waals surface area contributed by atoms with Crippen LogP contribution in [-0.4, -0.2) is 16.3 Å². The molecular weight excluding hydrogens is 180 g/mol. The normalized spacial score (nSPS) is 10.1. The van der Waals surface area contributed by atoms with Gasteiger partial charge in [0.25, 0.3) is 0 Å². The van der Waals surface area contributed by atoms with E-state index >= 15 is 0 Å². The van der Waals surface area contributed by atoms with Crippen LogP contribution in [0, 0.1) is 6.92 Å². The van der Waals surface area contributed by atoms with Crippen LogP contribution in [0.5, 0.6) is 0 Å². The standard InChI is InChI=1S/C10H8N2O2/c1-7-3-5-14-9(7)10-11-4-2-8(6-13)12-10/h2-6H,1H3. The van der Waals surface area contributed by atoms with Gasteiger partial charge >= 0.3 is 0 Å². The molecule has 2 aromatic heterocycles. The predicted octanol–water partition coefficient (Wildman–Crippen LogP) is 1.86. The lowest BCUT2D eigenvalue weighted by Gasteiger charge is -1.96. The van der Waals surface area contributed by atoms with Gasteiger partial charge in [0.05, 0.1) is 6.26 Å². The lowest BCUT2D eigenvalue weighted by Crippen LogP contribution is -1.93. The number of hydrogen-bond donors (Lipinski definition) is 0. The molecule has 2 aromatic rings. The van der Waals surface area contributed by atoms with E-state index in [1.807, 2.05) is 13.0 Å². The van der Waals surface area contributed by atoms with Gasteiger partial charge in [-0.25, -0.2) is 9.97 Å². The Morgan fingerprint density at radius 2 is 2.29 bits per heavy atom. The first-order chi connectivity index (χ1) is 6.81. The zero-order valence-electron chi connectivity index (χ0n) is 7.60. The number of hydrogen-bond acceptors (Lipinski definition) is 4. The van der Waals surface area contributed by atoms with Crippen LogP contribution in [0.25, 0.3) is 11.6 Å². The van der Waals surface area contributed by atoms with Crippen LogP contribution in [-0.2, 0) is 0 Å². The third-order valence-corrected chi connectivity index (χ3v) is 1.86. The summed E-state index contributed by atoms with van der Waals surface area (Å²) in [6, 6.07) is 3.38. The van der Waals surface area contributed by atoms with E-state index in [1.165, 1.54) is 6.20 Å². The fourth-order valence-corrected chi connectivity index (χ4v) is 1.15. The average molecular weight is 188 g/mol. The van der Waals surface area contributed by atoms with E-state index in [9.17, 15) is 4.79 Å². The SMILES string of the molecule is Cc1ccoc1-c1nccc(C=O)n1. The van der Waals surface area contributed by atoms with Crippen molar-refractivity contribution in [1.29, 1.82) is 0 Å². The van der Waals surface area contributed by atoms with E-state index in [1.54, 1.807) is 12.3 Å². The number of aldehydes is 1. The highest BCUT2D eigenvalue weighted by Crippen LogP contribution is 2.19. The van der Waals surface area contributed by atoms with E-state index in [0.717, 1.165) is 5.56 Å². The molecule has 0 atom stereocenters. The first-order valence-electron chi connectivity index (χ1n) is 4.14. The number of nitrogens with zero attached hydrogens (tertiary/aromatic N) is 2. The predicted molar refractivity (Wildman–Crippen MR) is 49.9 cm³/mol. The quantitative estimate of drug-likeness (QED) is 0.675. The lowest BCUT2D eigenvalue weighted by atomic mass is 10.2. The molecule has 0 saturated carbocycles. The molecule has 0 saturated heterocycles. The Balaban J connectivity index is 2.52. The minimum absolute atomic E-state index is 0.353. The van der Waals surface area contributed by atoms with Gasteiger partial charge in [-0.3, -0.25) is 4.79 Å². The van der Waals surface area contributed by atoms with Crippen LogP contribution in [0.15, 0.2) is 29.0 Å². The number of aryl methyl sites for hydroxylation is 1. The van der Waals surface area contributed by atoms with Crippen molar-refractivity contribution in [3.05, 3.63) is 35.9 Å². The van der Waals surface area contributed by atoms with E-state index < -0.39 is 0 Å². The summed E-state index contributed by atoms with van der Waals surface area (Å²) in [5.41, 5.74) is 1.30. The number of carbonyl (C=O) groups is 1. The minimum Gasteiger partial charge on any atom is -0.461 e. The van der Waals surface area contributed by atoms with E-state index in [-0.39, 0.29) is 0 Å². The third kappa shape index (κ3) is 1.42.